The number of piperidine rings is 1. The lowest BCUT2D eigenvalue weighted by atomic mass is 10.0. The van der Waals surface area contributed by atoms with Crippen molar-refractivity contribution >= 4 is 12.0 Å². The summed E-state index contributed by atoms with van der Waals surface area (Å²) in [5.41, 5.74) is 0.495. The minimum absolute atomic E-state index is 0.0431. The van der Waals surface area contributed by atoms with Crippen molar-refractivity contribution in [3.63, 3.8) is 0 Å². The van der Waals surface area contributed by atoms with E-state index in [1.165, 1.54) is 0 Å². The van der Waals surface area contributed by atoms with E-state index in [2.05, 4.69) is 5.32 Å². The third-order valence-electron chi connectivity index (χ3n) is 4.61. The molecular formula is C21H32N2O5. The van der Waals surface area contributed by atoms with E-state index >= 15 is 0 Å². The van der Waals surface area contributed by atoms with Crippen molar-refractivity contribution in [3.05, 3.63) is 23.8 Å². The molecule has 1 heterocycles. The SMILES string of the molecule is COc1cc(CCC(=O)N2CCC(NC(=O)OC(C)(C)C)CC2)cc(OC)c1. The van der Waals surface area contributed by atoms with Gasteiger partial charge in [-0.1, -0.05) is 0 Å². The predicted molar refractivity (Wildman–Crippen MR) is 107 cm³/mol. The molecule has 2 amide bonds. The first kappa shape index (κ1) is 21.9. The van der Waals surface area contributed by atoms with Gasteiger partial charge in [0.05, 0.1) is 14.2 Å². The van der Waals surface area contributed by atoms with E-state index < -0.39 is 11.7 Å². The quantitative estimate of drug-likeness (QED) is 0.805. The Morgan fingerprint density at radius 3 is 2.14 bits per heavy atom. The second-order valence-corrected chi connectivity index (χ2v) is 8.02. The molecule has 0 spiro atoms. The highest BCUT2D eigenvalue weighted by molar-refractivity contribution is 5.76. The van der Waals surface area contributed by atoms with Crippen LogP contribution >= 0.6 is 0 Å². The van der Waals surface area contributed by atoms with Gasteiger partial charge in [0.15, 0.2) is 0 Å². The molecule has 0 radical (unpaired) electrons. The van der Waals surface area contributed by atoms with Gasteiger partial charge in [-0.3, -0.25) is 4.79 Å². The number of aryl methyl sites for hydroxylation is 1. The van der Waals surface area contributed by atoms with Crippen molar-refractivity contribution in [1.82, 2.24) is 10.2 Å². The highest BCUT2D eigenvalue weighted by Crippen LogP contribution is 2.23. The van der Waals surface area contributed by atoms with Crippen LogP contribution in [-0.4, -0.2) is 55.9 Å². The summed E-state index contributed by atoms with van der Waals surface area (Å²) >= 11 is 0. The van der Waals surface area contributed by atoms with E-state index in [1.54, 1.807) is 14.2 Å². The third kappa shape index (κ3) is 6.94. The molecule has 2 rings (SSSR count). The molecule has 1 aromatic carbocycles. The number of hydrogen-bond donors (Lipinski definition) is 1. The summed E-state index contributed by atoms with van der Waals surface area (Å²) in [6.45, 7) is 6.80. The van der Waals surface area contributed by atoms with Crippen LogP contribution in [0.3, 0.4) is 0 Å². The first-order valence-corrected chi connectivity index (χ1v) is 9.69. The molecule has 0 aromatic heterocycles. The van der Waals surface area contributed by atoms with Crippen molar-refractivity contribution in [2.45, 2.75) is 58.1 Å². The lowest BCUT2D eigenvalue weighted by Gasteiger charge is -2.33. The number of nitrogens with one attached hydrogen (secondary N) is 1. The van der Waals surface area contributed by atoms with Crippen LogP contribution in [0, 0.1) is 0 Å². The molecule has 0 aliphatic carbocycles. The highest BCUT2D eigenvalue weighted by Gasteiger charge is 2.25. The van der Waals surface area contributed by atoms with E-state index in [0.29, 0.717) is 25.9 Å². The molecular weight excluding hydrogens is 360 g/mol. The molecule has 0 bridgehead atoms. The minimum atomic E-state index is -0.510. The largest absolute Gasteiger partial charge is 0.497 e. The number of alkyl carbamates (subject to hydrolysis) is 1. The van der Waals surface area contributed by atoms with E-state index in [-0.39, 0.29) is 11.9 Å². The van der Waals surface area contributed by atoms with Crippen LogP contribution in [0.5, 0.6) is 11.5 Å². The van der Waals surface area contributed by atoms with Crippen LogP contribution in [0.2, 0.25) is 0 Å². The molecule has 1 N–H and O–H groups in total. The van der Waals surface area contributed by atoms with E-state index in [0.717, 1.165) is 29.9 Å². The zero-order chi connectivity index (χ0) is 20.7. The number of methoxy groups -OCH3 is 2. The maximum absolute atomic E-state index is 12.5. The lowest BCUT2D eigenvalue weighted by Crippen LogP contribution is -2.47. The van der Waals surface area contributed by atoms with Gasteiger partial charge in [-0.25, -0.2) is 4.79 Å². The van der Waals surface area contributed by atoms with Gasteiger partial charge < -0.3 is 24.4 Å². The predicted octanol–water partition coefficient (Wildman–Crippen LogP) is 3.15. The molecule has 28 heavy (non-hydrogen) atoms. The average molecular weight is 392 g/mol. The van der Waals surface area contributed by atoms with Crippen molar-refractivity contribution in [2.24, 2.45) is 0 Å². The summed E-state index contributed by atoms with van der Waals surface area (Å²) in [6, 6.07) is 5.70. The van der Waals surface area contributed by atoms with Gasteiger partial charge in [0, 0.05) is 31.6 Å². The van der Waals surface area contributed by atoms with Gasteiger partial charge >= 0.3 is 6.09 Å². The maximum Gasteiger partial charge on any atom is 0.407 e. The zero-order valence-electron chi connectivity index (χ0n) is 17.5. The molecule has 7 nitrogen and oxygen atoms in total. The standard InChI is InChI=1S/C21H32N2O5/c1-21(2,3)28-20(25)22-16-8-10-23(11-9-16)19(24)7-6-15-12-17(26-4)14-18(13-15)27-5/h12-14,16H,6-11H2,1-5H3,(H,22,25). The Labute approximate surface area is 167 Å². The summed E-state index contributed by atoms with van der Waals surface area (Å²) in [4.78, 5) is 26.3. The molecule has 1 saturated heterocycles. The third-order valence-corrected chi connectivity index (χ3v) is 4.61. The van der Waals surface area contributed by atoms with Crippen molar-refractivity contribution < 1.29 is 23.8 Å². The van der Waals surface area contributed by atoms with Gasteiger partial charge in [0.2, 0.25) is 5.91 Å². The summed E-state index contributed by atoms with van der Waals surface area (Å²) in [7, 11) is 3.22. The Balaban J connectivity index is 1.79. The van der Waals surface area contributed by atoms with E-state index in [9.17, 15) is 9.59 Å². The second-order valence-electron chi connectivity index (χ2n) is 8.02. The Hall–Kier alpha value is -2.44. The first-order valence-electron chi connectivity index (χ1n) is 9.69. The number of amides is 2. The fraction of sp³-hybridized carbons (Fsp3) is 0.619. The highest BCUT2D eigenvalue weighted by atomic mass is 16.6. The molecule has 1 aromatic rings. The summed E-state index contributed by atoms with van der Waals surface area (Å²) in [5, 5.41) is 2.89. The number of rotatable bonds is 6. The Morgan fingerprint density at radius 1 is 1.07 bits per heavy atom. The molecule has 1 fully saturated rings. The number of benzene rings is 1. The Morgan fingerprint density at radius 2 is 1.64 bits per heavy atom. The molecule has 7 heteroatoms. The van der Waals surface area contributed by atoms with E-state index in [4.69, 9.17) is 14.2 Å². The van der Waals surface area contributed by atoms with Crippen molar-refractivity contribution in [2.75, 3.05) is 27.3 Å². The van der Waals surface area contributed by atoms with Crippen molar-refractivity contribution in [3.8, 4) is 11.5 Å². The van der Waals surface area contributed by atoms with Gasteiger partial charge in [-0.2, -0.15) is 0 Å². The van der Waals surface area contributed by atoms with Crippen molar-refractivity contribution in [1.29, 1.82) is 0 Å². The average Bonchev–Trinajstić information content (AvgIpc) is 2.64. The lowest BCUT2D eigenvalue weighted by molar-refractivity contribution is -0.132. The molecule has 1 aliphatic rings. The number of nitrogens with zero attached hydrogens (tertiary/aromatic N) is 1. The summed E-state index contributed by atoms with van der Waals surface area (Å²) < 4.78 is 15.8. The van der Waals surface area contributed by atoms with E-state index in [1.807, 2.05) is 43.9 Å². The maximum atomic E-state index is 12.5. The molecule has 1 aliphatic heterocycles. The van der Waals surface area contributed by atoms with Crippen LogP contribution in [0.15, 0.2) is 18.2 Å². The fourth-order valence-electron chi connectivity index (χ4n) is 3.17. The van der Waals surface area contributed by atoms with Crippen LogP contribution in [-0.2, 0) is 16.0 Å². The first-order chi connectivity index (χ1) is 13.2. The summed E-state index contributed by atoms with van der Waals surface area (Å²) in [6.07, 6.45) is 2.13. The molecule has 0 unspecified atom stereocenters. The number of likely N-dealkylation sites (tertiary alicyclic amines) is 1. The Bertz CT molecular complexity index is 654. The molecule has 156 valence electrons. The summed E-state index contributed by atoms with van der Waals surface area (Å²) in [5.74, 6) is 1.56. The smallest absolute Gasteiger partial charge is 0.407 e. The van der Waals surface area contributed by atoms with Crippen LogP contribution < -0.4 is 14.8 Å². The normalized spacial score (nSPS) is 15.1. The topological polar surface area (TPSA) is 77.1 Å². The number of carbonyl (C=O) groups excluding carboxylic acids is 2. The van der Waals surface area contributed by atoms with Gasteiger partial charge in [-0.05, 0) is 57.7 Å². The minimum Gasteiger partial charge on any atom is -0.497 e. The number of hydrogen-bond acceptors (Lipinski definition) is 5. The number of ether oxygens (including phenoxy) is 3. The van der Waals surface area contributed by atoms with Crippen LogP contribution in [0.25, 0.3) is 0 Å². The fourth-order valence-corrected chi connectivity index (χ4v) is 3.17. The zero-order valence-corrected chi connectivity index (χ0v) is 17.5. The second kappa shape index (κ2) is 9.66. The number of carbonyl (C=O) groups is 2. The Kier molecular flexibility index (Phi) is 7.54. The monoisotopic (exact) mass is 392 g/mol. The van der Waals surface area contributed by atoms with Crippen LogP contribution in [0.4, 0.5) is 4.79 Å². The molecule has 0 saturated carbocycles. The van der Waals surface area contributed by atoms with Crippen LogP contribution in [0.1, 0.15) is 45.6 Å². The van der Waals surface area contributed by atoms with Gasteiger partial charge in [0.1, 0.15) is 17.1 Å². The molecule has 0 atom stereocenters. The van der Waals surface area contributed by atoms with Gasteiger partial charge in [0.25, 0.3) is 0 Å². The van der Waals surface area contributed by atoms with Gasteiger partial charge in [-0.15, -0.1) is 0 Å².